The highest BCUT2D eigenvalue weighted by Crippen LogP contribution is 2.16. The second kappa shape index (κ2) is 3.91. The van der Waals surface area contributed by atoms with E-state index in [0.29, 0.717) is 0 Å². The molecule has 0 saturated carbocycles. The van der Waals surface area contributed by atoms with E-state index in [4.69, 9.17) is 11.6 Å². The smallest absolute Gasteiger partial charge is 0.425 e. The van der Waals surface area contributed by atoms with Crippen LogP contribution < -0.4 is 10.0 Å². The van der Waals surface area contributed by atoms with E-state index >= 15 is 0 Å². The van der Waals surface area contributed by atoms with E-state index < -0.39 is 12.7 Å². The molecule has 0 saturated heterocycles. The first-order chi connectivity index (χ1) is 6.38. The van der Waals surface area contributed by atoms with Gasteiger partial charge >= 0.3 is 6.18 Å². The standard InChI is InChI=1S/C7H6ClF3N2O/c8-5-1-2-13(14)6(3-5)12-4-7(9,10)11/h1-3,12H,4H2. The average molecular weight is 227 g/mol. The normalized spacial score (nSPS) is 11.4. The first-order valence-corrected chi connectivity index (χ1v) is 3.95. The van der Waals surface area contributed by atoms with Crippen molar-refractivity contribution in [3.8, 4) is 0 Å². The van der Waals surface area contributed by atoms with Gasteiger partial charge in [0.25, 0.3) is 5.82 Å². The molecule has 14 heavy (non-hydrogen) atoms. The van der Waals surface area contributed by atoms with Crippen molar-refractivity contribution in [2.45, 2.75) is 6.18 Å². The molecule has 0 spiro atoms. The van der Waals surface area contributed by atoms with Gasteiger partial charge < -0.3 is 5.21 Å². The fourth-order valence-electron chi connectivity index (χ4n) is 0.781. The summed E-state index contributed by atoms with van der Waals surface area (Å²) in [6.07, 6.45) is -3.34. The van der Waals surface area contributed by atoms with Gasteiger partial charge in [0.2, 0.25) is 0 Å². The summed E-state index contributed by atoms with van der Waals surface area (Å²) in [7, 11) is 0. The Morgan fingerprint density at radius 2 is 2.14 bits per heavy atom. The van der Waals surface area contributed by atoms with Crippen LogP contribution >= 0.6 is 11.6 Å². The summed E-state index contributed by atoms with van der Waals surface area (Å²) in [4.78, 5) is 0. The number of pyridine rings is 1. The SMILES string of the molecule is [O-][n+]1ccc(Cl)cc1NCC(F)(F)F. The monoisotopic (exact) mass is 226 g/mol. The molecule has 1 aromatic rings. The topological polar surface area (TPSA) is 39.0 Å². The summed E-state index contributed by atoms with van der Waals surface area (Å²) >= 11 is 5.49. The van der Waals surface area contributed by atoms with E-state index in [1.807, 2.05) is 5.32 Å². The molecule has 78 valence electrons. The average Bonchev–Trinajstić information content (AvgIpc) is 2.05. The van der Waals surface area contributed by atoms with Gasteiger partial charge in [-0.05, 0) is 6.07 Å². The predicted molar refractivity (Wildman–Crippen MR) is 45.0 cm³/mol. The van der Waals surface area contributed by atoms with Crippen LogP contribution in [0.2, 0.25) is 5.02 Å². The Balaban J connectivity index is 2.72. The largest absolute Gasteiger partial charge is 0.711 e. The summed E-state index contributed by atoms with van der Waals surface area (Å²) in [6, 6.07) is 2.41. The van der Waals surface area contributed by atoms with Crippen molar-refractivity contribution >= 4 is 17.4 Å². The Labute approximate surface area is 82.7 Å². The molecule has 3 nitrogen and oxygen atoms in total. The molecule has 1 aromatic heterocycles. The fraction of sp³-hybridized carbons (Fsp3) is 0.286. The number of nitrogens with one attached hydrogen (secondary N) is 1. The number of alkyl halides is 3. The molecule has 0 radical (unpaired) electrons. The molecule has 0 bridgehead atoms. The zero-order chi connectivity index (χ0) is 10.8. The van der Waals surface area contributed by atoms with Crippen LogP contribution in [0.3, 0.4) is 0 Å². The third-order valence-electron chi connectivity index (χ3n) is 1.35. The second-order valence-corrected chi connectivity index (χ2v) is 2.96. The highest BCUT2D eigenvalue weighted by Gasteiger charge is 2.30. The summed E-state index contributed by atoms with van der Waals surface area (Å²) in [6.45, 7) is -1.27. The van der Waals surface area contributed by atoms with Crippen LogP contribution in [-0.2, 0) is 0 Å². The van der Waals surface area contributed by atoms with Crippen LogP contribution in [-0.4, -0.2) is 12.7 Å². The van der Waals surface area contributed by atoms with Crippen molar-refractivity contribution in [3.05, 3.63) is 28.6 Å². The number of aromatic nitrogens is 1. The summed E-state index contributed by atoms with van der Waals surface area (Å²) < 4.78 is 35.6. The number of nitrogens with zero attached hydrogens (tertiary/aromatic N) is 1. The molecular weight excluding hydrogens is 221 g/mol. The Bertz CT molecular complexity index is 329. The Kier molecular flexibility index (Phi) is 3.05. The van der Waals surface area contributed by atoms with Gasteiger partial charge in [0, 0.05) is 6.07 Å². The molecule has 0 amide bonds. The van der Waals surface area contributed by atoms with Crippen molar-refractivity contribution in [2.75, 3.05) is 11.9 Å². The molecule has 0 atom stereocenters. The Morgan fingerprint density at radius 3 is 2.71 bits per heavy atom. The van der Waals surface area contributed by atoms with Gasteiger partial charge in [0.05, 0.1) is 11.2 Å². The van der Waals surface area contributed by atoms with Gasteiger partial charge in [0.1, 0.15) is 0 Å². The van der Waals surface area contributed by atoms with E-state index in [2.05, 4.69) is 0 Å². The highest BCUT2D eigenvalue weighted by atomic mass is 35.5. The third-order valence-corrected chi connectivity index (χ3v) is 1.59. The van der Waals surface area contributed by atoms with E-state index in [1.165, 1.54) is 6.07 Å². The minimum atomic E-state index is -4.37. The molecule has 0 fully saturated rings. The van der Waals surface area contributed by atoms with Crippen LogP contribution in [0.5, 0.6) is 0 Å². The van der Waals surface area contributed by atoms with Crippen LogP contribution in [0.4, 0.5) is 19.0 Å². The van der Waals surface area contributed by atoms with E-state index in [1.54, 1.807) is 0 Å². The van der Waals surface area contributed by atoms with Crippen molar-refractivity contribution < 1.29 is 17.9 Å². The van der Waals surface area contributed by atoms with Gasteiger partial charge in [-0.3, -0.25) is 5.32 Å². The number of anilines is 1. The molecule has 1 heterocycles. The van der Waals surface area contributed by atoms with Gasteiger partial charge in [0.15, 0.2) is 6.54 Å². The fourth-order valence-corrected chi connectivity index (χ4v) is 0.941. The lowest BCUT2D eigenvalue weighted by molar-refractivity contribution is -0.590. The number of rotatable bonds is 2. The molecule has 0 aliphatic heterocycles. The highest BCUT2D eigenvalue weighted by molar-refractivity contribution is 6.30. The zero-order valence-corrected chi connectivity index (χ0v) is 7.56. The van der Waals surface area contributed by atoms with Gasteiger partial charge in [-0.25, -0.2) is 4.73 Å². The molecule has 1 rings (SSSR count). The summed E-state index contributed by atoms with van der Waals surface area (Å²) in [5.74, 6) is -0.227. The molecule has 0 unspecified atom stereocenters. The predicted octanol–water partition coefficient (Wildman–Crippen LogP) is 1.95. The third kappa shape index (κ3) is 3.29. The van der Waals surface area contributed by atoms with Crippen molar-refractivity contribution in [1.82, 2.24) is 0 Å². The van der Waals surface area contributed by atoms with E-state index in [-0.39, 0.29) is 15.6 Å². The summed E-state index contributed by atoms with van der Waals surface area (Å²) in [5, 5.41) is 13.0. The molecular formula is C7H6ClF3N2O. The minimum absolute atomic E-state index is 0.196. The number of hydrogen-bond donors (Lipinski definition) is 1. The van der Waals surface area contributed by atoms with Crippen molar-refractivity contribution in [2.24, 2.45) is 0 Å². The van der Waals surface area contributed by atoms with Crippen LogP contribution in [0.1, 0.15) is 0 Å². The number of halogens is 4. The van der Waals surface area contributed by atoms with E-state index in [9.17, 15) is 18.4 Å². The van der Waals surface area contributed by atoms with Gasteiger partial charge in [-0.2, -0.15) is 13.2 Å². The maximum Gasteiger partial charge on any atom is 0.425 e. The Morgan fingerprint density at radius 1 is 1.50 bits per heavy atom. The van der Waals surface area contributed by atoms with Crippen LogP contribution in [0.25, 0.3) is 0 Å². The molecule has 0 aliphatic rings. The molecule has 7 heteroatoms. The first kappa shape index (κ1) is 10.9. The maximum absolute atomic E-state index is 11.8. The first-order valence-electron chi connectivity index (χ1n) is 3.58. The van der Waals surface area contributed by atoms with Gasteiger partial charge in [-0.1, -0.05) is 11.6 Å². The second-order valence-electron chi connectivity index (χ2n) is 2.52. The quantitative estimate of drug-likeness (QED) is 0.618. The number of hydrogen-bond acceptors (Lipinski definition) is 2. The van der Waals surface area contributed by atoms with Crippen molar-refractivity contribution in [3.63, 3.8) is 0 Å². The lowest BCUT2D eigenvalue weighted by atomic mass is 10.4. The lowest BCUT2D eigenvalue weighted by Gasteiger charge is -2.09. The summed E-state index contributed by atoms with van der Waals surface area (Å²) in [5.41, 5.74) is 0. The molecule has 1 N–H and O–H groups in total. The van der Waals surface area contributed by atoms with Crippen molar-refractivity contribution in [1.29, 1.82) is 0 Å². The molecule has 0 aliphatic carbocycles. The minimum Gasteiger partial charge on any atom is -0.711 e. The van der Waals surface area contributed by atoms with Gasteiger partial charge in [-0.15, -0.1) is 0 Å². The van der Waals surface area contributed by atoms with Crippen LogP contribution in [0.15, 0.2) is 18.3 Å². The Hall–Kier alpha value is -1.17. The van der Waals surface area contributed by atoms with Crippen LogP contribution in [0, 0.1) is 5.21 Å². The zero-order valence-electron chi connectivity index (χ0n) is 6.81. The maximum atomic E-state index is 11.8. The lowest BCUT2D eigenvalue weighted by Crippen LogP contribution is -2.33. The molecule has 0 aromatic carbocycles. The van der Waals surface area contributed by atoms with E-state index in [0.717, 1.165) is 12.3 Å².